The lowest BCUT2D eigenvalue weighted by Gasteiger charge is -2.21. The molecule has 0 rings (SSSR count). The largest absolute Gasteiger partial charge is 0.197 e. The molecule has 0 aromatic heterocycles. The standard InChI is InChI=1S/C14H23N/c1-6-8-14(11-15,10-13(4)5)9-7-12(2)3/h7,10H,6,8-9H2,1-5H3. The van der Waals surface area contributed by atoms with Crippen molar-refractivity contribution in [3.8, 4) is 6.07 Å². The maximum absolute atomic E-state index is 9.35. The van der Waals surface area contributed by atoms with Crippen LogP contribution < -0.4 is 0 Å². The average Bonchev–Trinajstić information content (AvgIpc) is 2.14. The molecular weight excluding hydrogens is 182 g/mol. The van der Waals surface area contributed by atoms with Crippen molar-refractivity contribution in [1.29, 1.82) is 5.26 Å². The van der Waals surface area contributed by atoms with Gasteiger partial charge in [-0.15, -0.1) is 0 Å². The van der Waals surface area contributed by atoms with Gasteiger partial charge in [0.15, 0.2) is 0 Å². The molecule has 0 heterocycles. The summed E-state index contributed by atoms with van der Waals surface area (Å²) in [6, 6.07) is 2.48. The molecule has 0 aromatic carbocycles. The minimum Gasteiger partial charge on any atom is -0.197 e. The number of nitriles is 1. The van der Waals surface area contributed by atoms with Gasteiger partial charge in [0.2, 0.25) is 0 Å². The molecule has 0 fully saturated rings. The van der Waals surface area contributed by atoms with Crippen molar-refractivity contribution in [2.45, 2.75) is 53.9 Å². The fraction of sp³-hybridized carbons (Fsp3) is 0.643. The molecule has 0 aliphatic rings. The Morgan fingerprint density at radius 2 is 1.80 bits per heavy atom. The molecule has 0 aliphatic carbocycles. The molecule has 1 unspecified atom stereocenters. The van der Waals surface area contributed by atoms with E-state index in [1.54, 1.807) is 0 Å². The molecule has 0 amide bonds. The van der Waals surface area contributed by atoms with Gasteiger partial charge < -0.3 is 0 Å². The molecule has 0 bridgehead atoms. The first-order valence-corrected chi connectivity index (χ1v) is 5.66. The van der Waals surface area contributed by atoms with Crippen molar-refractivity contribution in [1.82, 2.24) is 0 Å². The van der Waals surface area contributed by atoms with Crippen LogP contribution in [0.25, 0.3) is 0 Å². The van der Waals surface area contributed by atoms with Gasteiger partial charge in [-0.2, -0.15) is 5.26 Å². The summed E-state index contributed by atoms with van der Waals surface area (Å²) in [5.74, 6) is 0. The summed E-state index contributed by atoms with van der Waals surface area (Å²) in [5.41, 5.74) is 2.23. The second-order valence-electron chi connectivity index (χ2n) is 4.73. The summed E-state index contributed by atoms with van der Waals surface area (Å²) in [6.07, 6.45) is 7.12. The van der Waals surface area contributed by atoms with Gasteiger partial charge in [0.1, 0.15) is 0 Å². The van der Waals surface area contributed by atoms with E-state index in [0.717, 1.165) is 19.3 Å². The van der Waals surface area contributed by atoms with Crippen molar-refractivity contribution >= 4 is 0 Å². The van der Waals surface area contributed by atoms with Gasteiger partial charge in [0, 0.05) is 0 Å². The normalized spacial score (nSPS) is 13.6. The fourth-order valence-electron chi connectivity index (χ4n) is 1.75. The van der Waals surface area contributed by atoms with Crippen LogP contribution in [0.15, 0.2) is 23.3 Å². The minimum absolute atomic E-state index is 0.287. The first kappa shape index (κ1) is 14.0. The van der Waals surface area contributed by atoms with Gasteiger partial charge in [-0.05, 0) is 40.5 Å². The highest BCUT2D eigenvalue weighted by Crippen LogP contribution is 2.31. The predicted molar refractivity (Wildman–Crippen MR) is 66.4 cm³/mol. The monoisotopic (exact) mass is 205 g/mol. The van der Waals surface area contributed by atoms with Crippen molar-refractivity contribution in [2.75, 3.05) is 0 Å². The Kier molecular flexibility index (Phi) is 6.01. The van der Waals surface area contributed by atoms with Gasteiger partial charge >= 0.3 is 0 Å². The molecule has 0 aromatic rings. The Morgan fingerprint density at radius 1 is 1.20 bits per heavy atom. The van der Waals surface area contributed by atoms with Gasteiger partial charge in [-0.3, -0.25) is 0 Å². The average molecular weight is 205 g/mol. The summed E-state index contributed by atoms with van der Waals surface area (Å²) in [5, 5.41) is 9.35. The highest BCUT2D eigenvalue weighted by molar-refractivity contribution is 5.18. The molecule has 0 aliphatic heterocycles. The second kappa shape index (κ2) is 6.45. The van der Waals surface area contributed by atoms with Crippen LogP contribution in [0.1, 0.15) is 53.9 Å². The SMILES string of the molecule is CCCC(C#N)(C=C(C)C)CC=C(C)C. The highest BCUT2D eigenvalue weighted by Gasteiger charge is 2.24. The van der Waals surface area contributed by atoms with Crippen LogP contribution in [0.5, 0.6) is 0 Å². The summed E-state index contributed by atoms with van der Waals surface area (Å²) >= 11 is 0. The molecule has 0 saturated heterocycles. The number of hydrogen-bond acceptors (Lipinski definition) is 1. The Labute approximate surface area is 94.5 Å². The molecular formula is C14H23N. The van der Waals surface area contributed by atoms with E-state index in [-0.39, 0.29) is 5.41 Å². The van der Waals surface area contributed by atoms with Crippen LogP contribution in [0.2, 0.25) is 0 Å². The zero-order chi connectivity index (χ0) is 11.9. The van der Waals surface area contributed by atoms with Crippen molar-refractivity contribution in [2.24, 2.45) is 5.41 Å². The quantitative estimate of drug-likeness (QED) is 0.601. The maximum atomic E-state index is 9.35. The van der Waals surface area contributed by atoms with Gasteiger partial charge in [-0.1, -0.05) is 36.6 Å². The van der Waals surface area contributed by atoms with Crippen molar-refractivity contribution in [3.05, 3.63) is 23.3 Å². The molecule has 1 heteroatoms. The van der Waals surface area contributed by atoms with Crippen molar-refractivity contribution in [3.63, 3.8) is 0 Å². The van der Waals surface area contributed by atoms with Crippen LogP contribution in [-0.2, 0) is 0 Å². The number of nitrogens with zero attached hydrogens (tertiary/aromatic N) is 1. The summed E-state index contributed by atoms with van der Waals surface area (Å²) in [6.45, 7) is 10.4. The van der Waals surface area contributed by atoms with Gasteiger partial charge in [-0.25, -0.2) is 0 Å². The maximum Gasteiger partial charge on any atom is 0.0790 e. The number of hydrogen-bond donors (Lipinski definition) is 0. The van der Waals surface area contributed by atoms with Gasteiger partial charge in [0.25, 0.3) is 0 Å². The molecule has 15 heavy (non-hydrogen) atoms. The van der Waals surface area contributed by atoms with E-state index in [1.165, 1.54) is 11.1 Å². The van der Waals surface area contributed by atoms with Crippen LogP contribution in [0.3, 0.4) is 0 Å². The zero-order valence-electron chi connectivity index (χ0n) is 10.7. The van der Waals surface area contributed by atoms with Crippen LogP contribution >= 0.6 is 0 Å². The number of rotatable bonds is 5. The fourth-order valence-corrected chi connectivity index (χ4v) is 1.75. The molecule has 0 radical (unpaired) electrons. The zero-order valence-corrected chi connectivity index (χ0v) is 10.7. The summed E-state index contributed by atoms with van der Waals surface area (Å²) in [7, 11) is 0. The Hall–Kier alpha value is -1.03. The molecule has 0 N–H and O–H groups in total. The van der Waals surface area contributed by atoms with E-state index in [9.17, 15) is 5.26 Å². The topological polar surface area (TPSA) is 23.8 Å². The minimum atomic E-state index is -0.287. The van der Waals surface area contributed by atoms with E-state index >= 15 is 0 Å². The molecule has 84 valence electrons. The molecule has 0 saturated carbocycles. The van der Waals surface area contributed by atoms with E-state index in [1.807, 2.05) is 0 Å². The third kappa shape index (κ3) is 5.42. The lowest BCUT2D eigenvalue weighted by Crippen LogP contribution is -2.15. The molecule has 1 nitrogen and oxygen atoms in total. The Bertz CT molecular complexity index is 283. The Morgan fingerprint density at radius 3 is 2.13 bits per heavy atom. The van der Waals surface area contributed by atoms with Crippen LogP contribution in [0.4, 0.5) is 0 Å². The Balaban J connectivity index is 4.92. The number of allylic oxidation sites excluding steroid dienone is 4. The predicted octanol–water partition coefficient (Wildman–Crippen LogP) is 4.62. The van der Waals surface area contributed by atoms with E-state index in [2.05, 4.69) is 52.8 Å². The summed E-state index contributed by atoms with van der Waals surface area (Å²) in [4.78, 5) is 0. The van der Waals surface area contributed by atoms with E-state index in [4.69, 9.17) is 0 Å². The van der Waals surface area contributed by atoms with E-state index < -0.39 is 0 Å². The van der Waals surface area contributed by atoms with Gasteiger partial charge in [0.05, 0.1) is 11.5 Å². The first-order chi connectivity index (χ1) is 6.95. The second-order valence-corrected chi connectivity index (χ2v) is 4.73. The van der Waals surface area contributed by atoms with Crippen LogP contribution in [-0.4, -0.2) is 0 Å². The molecule has 0 spiro atoms. The highest BCUT2D eigenvalue weighted by atomic mass is 14.4. The van der Waals surface area contributed by atoms with Crippen LogP contribution in [0, 0.1) is 16.7 Å². The molecule has 1 atom stereocenters. The first-order valence-electron chi connectivity index (χ1n) is 5.66. The van der Waals surface area contributed by atoms with E-state index in [0.29, 0.717) is 0 Å². The smallest absolute Gasteiger partial charge is 0.0790 e. The summed E-state index contributed by atoms with van der Waals surface area (Å²) < 4.78 is 0. The lowest BCUT2D eigenvalue weighted by atomic mass is 9.80. The van der Waals surface area contributed by atoms with Crippen molar-refractivity contribution < 1.29 is 0 Å². The third-order valence-electron chi connectivity index (χ3n) is 2.36. The third-order valence-corrected chi connectivity index (χ3v) is 2.36. The lowest BCUT2D eigenvalue weighted by molar-refractivity contribution is 0.459.